The molecule has 0 radical (unpaired) electrons. The van der Waals surface area contributed by atoms with Crippen molar-refractivity contribution in [1.82, 2.24) is 16.0 Å². The zero-order valence-electron chi connectivity index (χ0n) is 21.6. The van der Waals surface area contributed by atoms with Crippen molar-refractivity contribution in [3.05, 3.63) is 35.9 Å². The first kappa shape index (κ1) is 31.9. The Hall–Kier alpha value is -3.12. The van der Waals surface area contributed by atoms with E-state index in [0.717, 1.165) is 5.56 Å². The van der Waals surface area contributed by atoms with Gasteiger partial charge in [-0.15, -0.1) is 0 Å². The van der Waals surface area contributed by atoms with Crippen LogP contribution in [0, 0.1) is 5.92 Å². The van der Waals surface area contributed by atoms with Crippen LogP contribution in [0.25, 0.3) is 0 Å². The van der Waals surface area contributed by atoms with Crippen molar-refractivity contribution < 1.29 is 29.1 Å². The maximum absolute atomic E-state index is 13.2. The smallest absolute Gasteiger partial charge is 0.326 e. The van der Waals surface area contributed by atoms with E-state index >= 15 is 0 Å². The van der Waals surface area contributed by atoms with Crippen LogP contribution < -0.4 is 27.4 Å². The lowest BCUT2D eigenvalue weighted by molar-refractivity contribution is -0.142. The molecule has 1 aromatic rings. The molecule has 1 aromatic carbocycles. The fourth-order valence-corrected chi connectivity index (χ4v) is 3.95. The highest BCUT2D eigenvalue weighted by molar-refractivity contribution is 7.98. The first-order valence-electron chi connectivity index (χ1n) is 12.2. The predicted molar refractivity (Wildman–Crippen MR) is 142 cm³/mol. The summed E-state index contributed by atoms with van der Waals surface area (Å²) in [5, 5.41) is 17.5. The van der Waals surface area contributed by atoms with Gasteiger partial charge in [0.05, 0.1) is 6.04 Å². The summed E-state index contributed by atoms with van der Waals surface area (Å²) in [6.45, 7) is 3.62. The molecule has 1 rings (SSSR count). The number of thioether (sulfide) groups is 1. The van der Waals surface area contributed by atoms with E-state index in [2.05, 4.69) is 16.0 Å². The second-order valence-corrected chi connectivity index (χ2v) is 9.90. The summed E-state index contributed by atoms with van der Waals surface area (Å²) in [6.07, 6.45) is 2.72. The average molecular weight is 538 g/mol. The van der Waals surface area contributed by atoms with E-state index in [1.165, 1.54) is 11.8 Å². The van der Waals surface area contributed by atoms with Crippen LogP contribution in [0.3, 0.4) is 0 Å². The molecule has 206 valence electrons. The van der Waals surface area contributed by atoms with Crippen LogP contribution in [0.2, 0.25) is 0 Å². The maximum Gasteiger partial charge on any atom is 0.326 e. The van der Waals surface area contributed by atoms with E-state index < -0.39 is 53.8 Å². The molecule has 4 amide bonds. The molecule has 5 unspecified atom stereocenters. The number of hydrogen-bond acceptors (Lipinski definition) is 7. The van der Waals surface area contributed by atoms with Crippen molar-refractivity contribution in [3.8, 4) is 0 Å². The van der Waals surface area contributed by atoms with Gasteiger partial charge in [0.2, 0.25) is 23.6 Å². The van der Waals surface area contributed by atoms with Crippen LogP contribution in [0.5, 0.6) is 0 Å². The van der Waals surface area contributed by atoms with Crippen LogP contribution in [0.4, 0.5) is 0 Å². The largest absolute Gasteiger partial charge is 0.480 e. The fourth-order valence-electron chi connectivity index (χ4n) is 3.48. The van der Waals surface area contributed by atoms with Gasteiger partial charge in [0.25, 0.3) is 0 Å². The molecular weight excluding hydrogens is 498 g/mol. The van der Waals surface area contributed by atoms with Crippen LogP contribution in [-0.2, 0) is 30.4 Å². The minimum atomic E-state index is -1.19. The van der Waals surface area contributed by atoms with Gasteiger partial charge in [-0.3, -0.25) is 19.2 Å². The molecule has 0 aromatic heterocycles. The number of carboxylic acids is 1. The zero-order chi connectivity index (χ0) is 28.0. The van der Waals surface area contributed by atoms with Crippen LogP contribution >= 0.6 is 11.8 Å². The molecule has 0 saturated heterocycles. The monoisotopic (exact) mass is 537 g/mol. The number of nitrogens with one attached hydrogen (secondary N) is 3. The molecule has 5 atom stereocenters. The van der Waals surface area contributed by atoms with Gasteiger partial charge in [-0.25, -0.2) is 4.79 Å². The highest BCUT2D eigenvalue weighted by Crippen LogP contribution is 2.12. The SMILES string of the molecule is CCC(C)C(NC(=O)C(CCSC)NC(=O)C(N)CCC(N)=O)C(=O)NC(Cc1ccccc1)C(=O)O. The van der Waals surface area contributed by atoms with Gasteiger partial charge in [0.15, 0.2) is 0 Å². The van der Waals surface area contributed by atoms with Crippen molar-refractivity contribution in [1.29, 1.82) is 0 Å². The summed E-state index contributed by atoms with van der Waals surface area (Å²) in [4.78, 5) is 61.7. The summed E-state index contributed by atoms with van der Waals surface area (Å²) in [5.41, 5.74) is 11.7. The average Bonchev–Trinajstić information content (AvgIpc) is 2.87. The van der Waals surface area contributed by atoms with E-state index in [0.29, 0.717) is 12.2 Å². The van der Waals surface area contributed by atoms with Gasteiger partial charge < -0.3 is 32.5 Å². The Balaban J connectivity index is 2.98. The Morgan fingerprint density at radius 1 is 0.946 bits per heavy atom. The van der Waals surface area contributed by atoms with Crippen LogP contribution in [0.1, 0.15) is 45.1 Å². The number of carboxylic acid groups (broad SMARTS) is 1. The number of carbonyl (C=O) groups is 5. The molecule has 0 heterocycles. The van der Waals surface area contributed by atoms with E-state index in [9.17, 15) is 29.1 Å². The van der Waals surface area contributed by atoms with Gasteiger partial charge in [0, 0.05) is 12.8 Å². The van der Waals surface area contributed by atoms with Crippen molar-refractivity contribution in [2.24, 2.45) is 17.4 Å². The molecule has 8 N–H and O–H groups in total. The van der Waals surface area contributed by atoms with E-state index in [1.54, 1.807) is 31.2 Å². The summed E-state index contributed by atoms with van der Waals surface area (Å²) in [7, 11) is 0. The highest BCUT2D eigenvalue weighted by atomic mass is 32.2. The lowest BCUT2D eigenvalue weighted by Crippen LogP contribution is -2.59. The minimum absolute atomic E-state index is 0.0356. The molecular formula is C25H39N5O6S. The number of primary amides is 1. The first-order chi connectivity index (χ1) is 17.5. The third kappa shape index (κ3) is 11.6. The van der Waals surface area contributed by atoms with Crippen molar-refractivity contribution in [3.63, 3.8) is 0 Å². The molecule has 12 heteroatoms. The topological polar surface area (TPSA) is 194 Å². The van der Waals surface area contributed by atoms with Crippen LogP contribution in [0.15, 0.2) is 30.3 Å². The van der Waals surface area contributed by atoms with Crippen molar-refractivity contribution in [2.75, 3.05) is 12.0 Å². The highest BCUT2D eigenvalue weighted by Gasteiger charge is 2.32. The molecule has 0 aliphatic heterocycles. The molecule has 0 spiro atoms. The quantitative estimate of drug-likeness (QED) is 0.162. The summed E-state index contributed by atoms with van der Waals surface area (Å²) < 4.78 is 0. The number of amides is 4. The van der Waals surface area contributed by atoms with Gasteiger partial charge in [0.1, 0.15) is 18.1 Å². The van der Waals surface area contributed by atoms with Gasteiger partial charge >= 0.3 is 5.97 Å². The molecule has 0 aliphatic rings. The number of aliphatic carboxylic acids is 1. The van der Waals surface area contributed by atoms with Crippen molar-refractivity contribution >= 4 is 41.4 Å². The van der Waals surface area contributed by atoms with Crippen molar-refractivity contribution in [2.45, 2.75) is 70.1 Å². The van der Waals surface area contributed by atoms with Gasteiger partial charge in [-0.05, 0) is 36.3 Å². The van der Waals surface area contributed by atoms with E-state index in [4.69, 9.17) is 11.5 Å². The van der Waals surface area contributed by atoms with Gasteiger partial charge in [-0.1, -0.05) is 50.6 Å². The third-order valence-corrected chi connectivity index (χ3v) is 6.62. The Labute approximate surface area is 221 Å². The van der Waals surface area contributed by atoms with E-state index in [1.807, 2.05) is 19.2 Å². The molecule has 37 heavy (non-hydrogen) atoms. The zero-order valence-corrected chi connectivity index (χ0v) is 22.4. The summed E-state index contributed by atoms with van der Waals surface area (Å²) in [6, 6.07) is 4.69. The lowest BCUT2D eigenvalue weighted by Gasteiger charge is -2.28. The number of nitrogens with two attached hydrogens (primary N) is 2. The minimum Gasteiger partial charge on any atom is -0.480 e. The molecule has 11 nitrogen and oxygen atoms in total. The molecule has 0 aliphatic carbocycles. The number of hydrogen-bond donors (Lipinski definition) is 6. The normalized spacial score (nSPS) is 14.9. The summed E-state index contributed by atoms with van der Waals surface area (Å²) in [5.74, 6) is -3.37. The van der Waals surface area contributed by atoms with E-state index in [-0.39, 0.29) is 31.6 Å². The first-order valence-corrected chi connectivity index (χ1v) is 13.6. The second-order valence-electron chi connectivity index (χ2n) is 8.92. The number of carbonyl (C=O) groups excluding carboxylic acids is 4. The lowest BCUT2D eigenvalue weighted by atomic mass is 9.96. The number of rotatable bonds is 17. The summed E-state index contributed by atoms with van der Waals surface area (Å²) >= 11 is 1.48. The Morgan fingerprint density at radius 2 is 1.57 bits per heavy atom. The third-order valence-electron chi connectivity index (χ3n) is 5.97. The second kappa shape index (κ2) is 16.6. The standard InChI is InChI=1S/C25H39N5O6S/c1-4-15(2)21(24(34)29-19(25(35)36)14-16-8-6-5-7-9-16)30-23(33)18(12-13-37-3)28-22(32)17(26)10-11-20(27)31/h5-9,15,17-19,21H,4,10-14,26H2,1-3H3,(H2,27,31)(H,28,32)(H,29,34)(H,30,33)(H,35,36). The van der Waals surface area contributed by atoms with Crippen LogP contribution in [-0.4, -0.2) is 70.9 Å². The fraction of sp³-hybridized carbons (Fsp3) is 0.560. The molecule has 0 saturated carbocycles. The number of benzene rings is 1. The predicted octanol–water partition coefficient (Wildman–Crippen LogP) is 0.160. The Morgan fingerprint density at radius 3 is 2.11 bits per heavy atom. The molecule has 0 fully saturated rings. The maximum atomic E-state index is 13.2. The Kier molecular flexibility index (Phi) is 14.3. The molecule has 0 bridgehead atoms. The van der Waals surface area contributed by atoms with Gasteiger partial charge in [-0.2, -0.15) is 11.8 Å². The Bertz CT molecular complexity index is 916.